The number of carbonyl (C=O) groups excluding carboxylic acids is 1. The summed E-state index contributed by atoms with van der Waals surface area (Å²) >= 11 is 5.74. The van der Waals surface area contributed by atoms with Gasteiger partial charge in [-0.25, -0.2) is 4.79 Å². The minimum atomic E-state index is -0.328. The summed E-state index contributed by atoms with van der Waals surface area (Å²) in [6.07, 6.45) is 3.83. The third-order valence-corrected chi connectivity index (χ3v) is 3.42. The summed E-state index contributed by atoms with van der Waals surface area (Å²) in [5.74, 6) is 0.513. The van der Waals surface area contributed by atoms with E-state index in [1.807, 2.05) is 42.5 Å². The summed E-state index contributed by atoms with van der Waals surface area (Å²) in [5.41, 5.74) is 1.98. The number of carbonyl (C=O) groups is 1. The van der Waals surface area contributed by atoms with Crippen LogP contribution in [0, 0.1) is 0 Å². The highest BCUT2D eigenvalue weighted by molar-refractivity contribution is 6.17. The number of benzene rings is 1. The van der Waals surface area contributed by atoms with Crippen LogP contribution in [-0.4, -0.2) is 28.4 Å². The largest absolute Gasteiger partial charge is 0.445 e. The Kier molecular flexibility index (Phi) is 6.71. The van der Waals surface area contributed by atoms with Crippen LogP contribution in [-0.2, 0) is 17.9 Å². The molecule has 116 valence electrons. The number of pyridine rings is 1. The van der Waals surface area contributed by atoms with Gasteiger partial charge in [-0.1, -0.05) is 30.3 Å². The predicted octanol–water partition coefficient (Wildman–Crippen LogP) is 3.85. The molecule has 5 heteroatoms. The van der Waals surface area contributed by atoms with Crippen LogP contribution in [0.15, 0.2) is 54.9 Å². The number of alkyl halides is 1. The van der Waals surface area contributed by atoms with Crippen molar-refractivity contribution in [2.75, 3.05) is 12.4 Å². The lowest BCUT2D eigenvalue weighted by Gasteiger charge is -2.22. The molecule has 0 saturated carbocycles. The van der Waals surface area contributed by atoms with Crippen LogP contribution in [0.2, 0.25) is 0 Å². The van der Waals surface area contributed by atoms with Crippen molar-refractivity contribution >= 4 is 17.7 Å². The Morgan fingerprint density at radius 2 is 1.82 bits per heavy atom. The molecule has 0 aliphatic carbocycles. The second-order valence-electron chi connectivity index (χ2n) is 4.86. The van der Waals surface area contributed by atoms with Crippen LogP contribution in [0.4, 0.5) is 4.79 Å². The van der Waals surface area contributed by atoms with Gasteiger partial charge in [0.2, 0.25) is 0 Å². The normalized spacial score (nSPS) is 10.2. The Morgan fingerprint density at radius 1 is 1.09 bits per heavy atom. The van der Waals surface area contributed by atoms with Crippen LogP contribution in [0.1, 0.15) is 17.5 Å². The van der Waals surface area contributed by atoms with Crippen LogP contribution in [0.3, 0.4) is 0 Å². The quantitative estimate of drug-likeness (QED) is 0.728. The summed E-state index contributed by atoms with van der Waals surface area (Å²) in [6.45, 7) is 1.33. The van der Waals surface area contributed by atoms with E-state index in [1.165, 1.54) is 0 Å². The molecular formula is C17H19ClN2O2. The van der Waals surface area contributed by atoms with Gasteiger partial charge in [-0.3, -0.25) is 4.98 Å². The zero-order valence-corrected chi connectivity index (χ0v) is 13.1. The highest BCUT2D eigenvalue weighted by Crippen LogP contribution is 2.09. The van der Waals surface area contributed by atoms with E-state index >= 15 is 0 Å². The van der Waals surface area contributed by atoms with E-state index in [4.69, 9.17) is 16.3 Å². The van der Waals surface area contributed by atoms with Gasteiger partial charge in [0.05, 0.1) is 0 Å². The first kappa shape index (κ1) is 16.3. The molecule has 0 unspecified atom stereocenters. The smallest absolute Gasteiger partial charge is 0.410 e. The van der Waals surface area contributed by atoms with Gasteiger partial charge in [0.25, 0.3) is 0 Å². The van der Waals surface area contributed by atoms with Crippen molar-refractivity contribution in [3.8, 4) is 0 Å². The van der Waals surface area contributed by atoms with E-state index in [2.05, 4.69) is 4.98 Å². The molecule has 2 aromatic rings. The fourth-order valence-electron chi connectivity index (χ4n) is 2.00. The number of hydrogen-bond donors (Lipinski definition) is 0. The second kappa shape index (κ2) is 9.05. The van der Waals surface area contributed by atoms with Gasteiger partial charge in [0.15, 0.2) is 0 Å². The van der Waals surface area contributed by atoms with Crippen LogP contribution in [0.25, 0.3) is 0 Å². The average molecular weight is 319 g/mol. The third-order valence-electron chi connectivity index (χ3n) is 3.15. The van der Waals surface area contributed by atoms with E-state index in [0.29, 0.717) is 19.0 Å². The monoisotopic (exact) mass is 318 g/mol. The molecule has 0 spiro atoms. The Bertz CT molecular complexity index is 563. The molecule has 0 aliphatic rings. The Morgan fingerprint density at radius 3 is 2.50 bits per heavy atom. The molecule has 0 aliphatic heterocycles. The molecular weight excluding hydrogens is 300 g/mol. The van der Waals surface area contributed by atoms with Crippen molar-refractivity contribution in [1.82, 2.24) is 9.88 Å². The lowest BCUT2D eigenvalue weighted by atomic mass is 10.2. The SMILES string of the molecule is O=C(OCc1ccccc1)N(CCCCl)Cc1ccncc1. The fourth-order valence-corrected chi connectivity index (χ4v) is 2.12. The Balaban J connectivity index is 1.93. The van der Waals surface area contributed by atoms with Gasteiger partial charge in [-0.15, -0.1) is 11.6 Å². The van der Waals surface area contributed by atoms with Gasteiger partial charge in [-0.05, 0) is 29.7 Å². The molecule has 1 aromatic carbocycles. The van der Waals surface area contributed by atoms with Gasteiger partial charge < -0.3 is 9.64 Å². The molecule has 4 nitrogen and oxygen atoms in total. The van der Waals surface area contributed by atoms with Crippen LogP contribution in [0.5, 0.6) is 0 Å². The molecule has 1 aromatic heterocycles. The summed E-state index contributed by atoms with van der Waals surface area (Å²) in [7, 11) is 0. The molecule has 0 N–H and O–H groups in total. The number of aromatic nitrogens is 1. The summed E-state index contributed by atoms with van der Waals surface area (Å²) in [6, 6.07) is 13.4. The first-order valence-electron chi connectivity index (χ1n) is 7.20. The fraction of sp³-hybridized carbons (Fsp3) is 0.294. The van der Waals surface area contributed by atoms with Gasteiger partial charge in [-0.2, -0.15) is 0 Å². The maximum atomic E-state index is 12.3. The maximum Gasteiger partial charge on any atom is 0.410 e. The third kappa shape index (κ3) is 5.37. The standard InChI is InChI=1S/C17H19ClN2O2/c18-9-4-12-20(13-15-7-10-19-11-8-15)17(21)22-14-16-5-2-1-3-6-16/h1-3,5-8,10-11H,4,9,12-14H2. The lowest BCUT2D eigenvalue weighted by molar-refractivity contribution is 0.0937. The van der Waals surface area contributed by atoms with Gasteiger partial charge >= 0.3 is 6.09 Å². The lowest BCUT2D eigenvalue weighted by Crippen LogP contribution is -2.32. The number of hydrogen-bond acceptors (Lipinski definition) is 3. The van der Waals surface area contributed by atoms with Crippen molar-refractivity contribution in [1.29, 1.82) is 0 Å². The highest BCUT2D eigenvalue weighted by Gasteiger charge is 2.15. The molecule has 0 fully saturated rings. The van der Waals surface area contributed by atoms with Gasteiger partial charge in [0, 0.05) is 31.4 Å². The van der Waals surface area contributed by atoms with E-state index < -0.39 is 0 Å². The second-order valence-corrected chi connectivity index (χ2v) is 5.24. The number of ether oxygens (including phenoxy) is 1. The summed E-state index contributed by atoms with van der Waals surface area (Å²) in [5, 5.41) is 0. The number of rotatable bonds is 7. The summed E-state index contributed by atoms with van der Waals surface area (Å²) < 4.78 is 5.39. The molecule has 1 amide bonds. The topological polar surface area (TPSA) is 42.4 Å². The van der Waals surface area contributed by atoms with Crippen molar-refractivity contribution in [2.24, 2.45) is 0 Å². The maximum absolute atomic E-state index is 12.3. The molecule has 0 bridgehead atoms. The Labute approximate surface area is 135 Å². The van der Waals surface area contributed by atoms with E-state index in [1.54, 1.807) is 17.3 Å². The first-order chi connectivity index (χ1) is 10.8. The zero-order valence-electron chi connectivity index (χ0n) is 12.3. The molecule has 0 radical (unpaired) electrons. The number of nitrogens with zero attached hydrogens (tertiary/aromatic N) is 2. The van der Waals surface area contributed by atoms with Crippen molar-refractivity contribution < 1.29 is 9.53 Å². The molecule has 1 heterocycles. The van der Waals surface area contributed by atoms with Crippen molar-refractivity contribution in [3.05, 3.63) is 66.0 Å². The van der Waals surface area contributed by atoms with E-state index in [9.17, 15) is 4.79 Å². The summed E-state index contributed by atoms with van der Waals surface area (Å²) in [4.78, 5) is 17.9. The Hall–Kier alpha value is -2.07. The van der Waals surface area contributed by atoms with Gasteiger partial charge in [0.1, 0.15) is 6.61 Å². The minimum Gasteiger partial charge on any atom is -0.445 e. The highest BCUT2D eigenvalue weighted by atomic mass is 35.5. The van der Waals surface area contributed by atoms with E-state index in [0.717, 1.165) is 17.5 Å². The first-order valence-corrected chi connectivity index (χ1v) is 7.73. The van der Waals surface area contributed by atoms with Crippen LogP contribution >= 0.6 is 11.6 Å². The molecule has 22 heavy (non-hydrogen) atoms. The minimum absolute atomic E-state index is 0.271. The number of halogens is 1. The van der Waals surface area contributed by atoms with E-state index in [-0.39, 0.29) is 12.7 Å². The zero-order chi connectivity index (χ0) is 15.6. The van der Waals surface area contributed by atoms with Crippen molar-refractivity contribution in [3.63, 3.8) is 0 Å². The van der Waals surface area contributed by atoms with Crippen LogP contribution < -0.4 is 0 Å². The average Bonchev–Trinajstić information content (AvgIpc) is 2.58. The van der Waals surface area contributed by atoms with Crippen molar-refractivity contribution in [2.45, 2.75) is 19.6 Å². The number of amides is 1. The molecule has 0 saturated heterocycles. The molecule has 0 atom stereocenters. The molecule has 2 rings (SSSR count). The predicted molar refractivity (Wildman–Crippen MR) is 86.6 cm³/mol.